The molecule has 19 heavy (non-hydrogen) atoms. The summed E-state index contributed by atoms with van der Waals surface area (Å²) < 4.78 is 25.1. The predicted molar refractivity (Wildman–Crippen MR) is 76.4 cm³/mol. The summed E-state index contributed by atoms with van der Waals surface area (Å²) in [4.78, 5) is 0. The quantitative estimate of drug-likeness (QED) is 0.790. The molecule has 100 valence electrons. The monoisotopic (exact) mass is 344 g/mol. The molecule has 0 aliphatic rings. The third-order valence-corrected chi connectivity index (χ3v) is 3.25. The number of benzene rings is 2. The fourth-order valence-electron chi connectivity index (χ4n) is 1.61. The van der Waals surface area contributed by atoms with Crippen LogP contribution in [0.25, 0.3) is 0 Å². The lowest BCUT2D eigenvalue weighted by atomic mass is 10.2. The van der Waals surface area contributed by atoms with Gasteiger partial charge in [-0.1, -0.05) is 27.5 Å². The van der Waals surface area contributed by atoms with Gasteiger partial charge in [-0.25, -0.2) is 4.39 Å². The van der Waals surface area contributed by atoms with Gasteiger partial charge >= 0.3 is 0 Å². The molecular weight excluding hydrogens is 335 g/mol. The molecule has 0 unspecified atom stereocenters. The lowest BCUT2D eigenvalue weighted by molar-refractivity contribution is 0.282. The molecule has 0 aliphatic heterocycles. The van der Waals surface area contributed by atoms with Crippen molar-refractivity contribution in [3.63, 3.8) is 0 Å². The second kappa shape index (κ2) is 6.26. The van der Waals surface area contributed by atoms with Crippen molar-refractivity contribution in [1.29, 1.82) is 0 Å². The third-order valence-electron chi connectivity index (χ3n) is 2.52. The third kappa shape index (κ3) is 3.61. The van der Waals surface area contributed by atoms with E-state index in [1.165, 1.54) is 12.1 Å². The molecular formula is C14H11BrClFO2. The number of halogens is 3. The molecule has 2 aromatic carbocycles. The minimum Gasteiger partial charge on any atom is -0.496 e. The van der Waals surface area contributed by atoms with E-state index >= 15 is 0 Å². The van der Waals surface area contributed by atoms with Crippen molar-refractivity contribution in [2.45, 2.75) is 6.61 Å². The van der Waals surface area contributed by atoms with Crippen LogP contribution in [-0.4, -0.2) is 7.11 Å². The lowest BCUT2D eigenvalue weighted by Gasteiger charge is -2.11. The van der Waals surface area contributed by atoms with Crippen molar-refractivity contribution in [3.05, 3.63) is 57.3 Å². The Morgan fingerprint density at radius 3 is 2.58 bits per heavy atom. The first-order valence-corrected chi connectivity index (χ1v) is 6.67. The Kier molecular flexibility index (Phi) is 4.66. The molecule has 2 aromatic rings. The minimum atomic E-state index is -0.485. The van der Waals surface area contributed by atoms with Crippen LogP contribution in [0.1, 0.15) is 5.56 Å². The normalized spacial score (nSPS) is 10.3. The van der Waals surface area contributed by atoms with E-state index in [-0.39, 0.29) is 12.4 Å². The van der Waals surface area contributed by atoms with Gasteiger partial charge in [-0.05, 0) is 36.4 Å². The Labute approximate surface area is 124 Å². The van der Waals surface area contributed by atoms with Crippen LogP contribution >= 0.6 is 27.5 Å². The minimum absolute atomic E-state index is 0.159. The number of ether oxygens (including phenoxy) is 2. The van der Waals surface area contributed by atoms with E-state index in [0.29, 0.717) is 10.8 Å². The molecule has 0 fully saturated rings. The zero-order valence-electron chi connectivity index (χ0n) is 10.1. The molecule has 0 spiro atoms. The van der Waals surface area contributed by atoms with E-state index in [4.69, 9.17) is 21.1 Å². The zero-order valence-corrected chi connectivity index (χ0v) is 12.5. The summed E-state index contributed by atoms with van der Waals surface area (Å²) in [6.45, 7) is 0.209. The topological polar surface area (TPSA) is 18.5 Å². The first-order valence-electron chi connectivity index (χ1n) is 5.50. The smallest absolute Gasteiger partial charge is 0.166 e. The summed E-state index contributed by atoms with van der Waals surface area (Å²) in [6, 6.07) is 9.86. The average molecular weight is 346 g/mol. The average Bonchev–Trinajstić information content (AvgIpc) is 2.38. The Hall–Kier alpha value is -1.26. The van der Waals surface area contributed by atoms with Gasteiger partial charge in [0, 0.05) is 15.1 Å². The SMILES string of the molecule is COc1ccc(Br)cc1COc1ccc(Cl)cc1F. The van der Waals surface area contributed by atoms with Crippen LogP contribution in [0.5, 0.6) is 11.5 Å². The summed E-state index contributed by atoms with van der Waals surface area (Å²) in [5.41, 5.74) is 0.825. The van der Waals surface area contributed by atoms with E-state index in [2.05, 4.69) is 15.9 Å². The predicted octanol–water partition coefficient (Wildman–Crippen LogP) is 4.83. The van der Waals surface area contributed by atoms with Gasteiger partial charge in [-0.15, -0.1) is 0 Å². The maximum absolute atomic E-state index is 13.6. The zero-order chi connectivity index (χ0) is 13.8. The molecule has 0 bridgehead atoms. The van der Waals surface area contributed by atoms with Gasteiger partial charge in [-0.2, -0.15) is 0 Å². The van der Waals surface area contributed by atoms with Gasteiger partial charge in [-0.3, -0.25) is 0 Å². The molecule has 0 radical (unpaired) electrons. The van der Waals surface area contributed by atoms with E-state index < -0.39 is 5.82 Å². The fraction of sp³-hybridized carbons (Fsp3) is 0.143. The maximum Gasteiger partial charge on any atom is 0.166 e. The van der Waals surface area contributed by atoms with E-state index in [0.717, 1.165) is 10.0 Å². The number of methoxy groups -OCH3 is 1. The van der Waals surface area contributed by atoms with Crippen molar-refractivity contribution in [2.75, 3.05) is 7.11 Å². The Morgan fingerprint density at radius 2 is 1.89 bits per heavy atom. The molecule has 2 nitrogen and oxygen atoms in total. The summed E-state index contributed by atoms with van der Waals surface area (Å²) in [6.07, 6.45) is 0. The summed E-state index contributed by atoms with van der Waals surface area (Å²) in [5, 5.41) is 0.338. The summed E-state index contributed by atoms with van der Waals surface area (Å²) in [5.74, 6) is 0.366. The van der Waals surface area contributed by atoms with Crippen molar-refractivity contribution in [3.8, 4) is 11.5 Å². The molecule has 0 aliphatic carbocycles. The Morgan fingerprint density at radius 1 is 1.16 bits per heavy atom. The summed E-state index contributed by atoms with van der Waals surface area (Å²) in [7, 11) is 1.58. The second-order valence-corrected chi connectivity index (χ2v) is 5.17. The summed E-state index contributed by atoms with van der Waals surface area (Å²) >= 11 is 9.05. The molecule has 0 saturated heterocycles. The van der Waals surface area contributed by atoms with E-state index in [1.807, 2.05) is 18.2 Å². The molecule has 5 heteroatoms. The van der Waals surface area contributed by atoms with Crippen LogP contribution in [0.4, 0.5) is 4.39 Å². The van der Waals surface area contributed by atoms with Gasteiger partial charge in [0.2, 0.25) is 0 Å². The van der Waals surface area contributed by atoms with Crippen LogP contribution in [0.2, 0.25) is 5.02 Å². The van der Waals surface area contributed by atoms with Gasteiger partial charge in [0.1, 0.15) is 12.4 Å². The Bertz CT molecular complexity index is 590. The van der Waals surface area contributed by atoms with E-state index in [9.17, 15) is 4.39 Å². The van der Waals surface area contributed by atoms with Crippen LogP contribution in [0.15, 0.2) is 40.9 Å². The van der Waals surface area contributed by atoms with Crippen molar-refractivity contribution >= 4 is 27.5 Å². The van der Waals surface area contributed by atoms with Crippen LogP contribution in [-0.2, 0) is 6.61 Å². The number of hydrogen-bond acceptors (Lipinski definition) is 2. The molecule has 0 amide bonds. The van der Waals surface area contributed by atoms with Crippen molar-refractivity contribution in [2.24, 2.45) is 0 Å². The standard InChI is InChI=1S/C14H11BrClFO2/c1-18-13-4-2-10(15)6-9(13)8-19-14-5-3-11(16)7-12(14)17/h2-7H,8H2,1H3. The molecule has 0 heterocycles. The highest BCUT2D eigenvalue weighted by Gasteiger charge is 2.08. The second-order valence-electron chi connectivity index (χ2n) is 3.82. The highest BCUT2D eigenvalue weighted by atomic mass is 79.9. The molecule has 0 N–H and O–H groups in total. The van der Waals surface area contributed by atoms with E-state index in [1.54, 1.807) is 13.2 Å². The van der Waals surface area contributed by atoms with Crippen molar-refractivity contribution in [1.82, 2.24) is 0 Å². The van der Waals surface area contributed by atoms with Crippen LogP contribution in [0, 0.1) is 5.82 Å². The molecule has 2 rings (SSSR count). The molecule has 0 aromatic heterocycles. The van der Waals surface area contributed by atoms with Gasteiger partial charge in [0.05, 0.1) is 7.11 Å². The first kappa shape index (κ1) is 14.2. The molecule has 0 saturated carbocycles. The highest BCUT2D eigenvalue weighted by Crippen LogP contribution is 2.26. The number of rotatable bonds is 4. The Balaban J connectivity index is 2.16. The maximum atomic E-state index is 13.6. The largest absolute Gasteiger partial charge is 0.496 e. The van der Waals surface area contributed by atoms with Gasteiger partial charge < -0.3 is 9.47 Å². The van der Waals surface area contributed by atoms with Crippen LogP contribution in [0.3, 0.4) is 0 Å². The fourth-order valence-corrected chi connectivity index (χ4v) is 2.18. The first-order chi connectivity index (χ1) is 9.10. The number of hydrogen-bond donors (Lipinski definition) is 0. The van der Waals surface area contributed by atoms with Crippen molar-refractivity contribution < 1.29 is 13.9 Å². The van der Waals surface area contributed by atoms with Crippen LogP contribution < -0.4 is 9.47 Å². The van der Waals surface area contributed by atoms with Gasteiger partial charge in [0.15, 0.2) is 11.6 Å². The molecule has 0 atom stereocenters. The van der Waals surface area contributed by atoms with Gasteiger partial charge in [0.25, 0.3) is 0 Å². The highest BCUT2D eigenvalue weighted by molar-refractivity contribution is 9.10. The lowest BCUT2D eigenvalue weighted by Crippen LogP contribution is -2.00.